The van der Waals surface area contributed by atoms with Crippen molar-refractivity contribution in [2.24, 2.45) is 11.8 Å². The Morgan fingerprint density at radius 2 is 1.95 bits per heavy atom. The summed E-state index contributed by atoms with van der Waals surface area (Å²) in [5.74, 6) is 0.324. The summed E-state index contributed by atoms with van der Waals surface area (Å²) >= 11 is 0. The molecule has 1 heterocycles. The maximum atomic E-state index is 12.4. The van der Waals surface area contributed by atoms with Crippen molar-refractivity contribution in [2.45, 2.75) is 46.2 Å². The number of methoxy groups -OCH3 is 1. The average molecular weight is 270 g/mol. The third kappa shape index (κ3) is 3.69. The van der Waals surface area contributed by atoms with E-state index in [1.807, 2.05) is 27.7 Å². The number of ether oxygens (including phenoxy) is 1. The van der Waals surface area contributed by atoms with E-state index in [0.717, 1.165) is 0 Å². The van der Waals surface area contributed by atoms with Crippen LogP contribution in [0.1, 0.15) is 34.1 Å². The third-order valence-corrected chi connectivity index (χ3v) is 3.50. The third-order valence-electron chi connectivity index (χ3n) is 3.50. The summed E-state index contributed by atoms with van der Waals surface area (Å²) in [7, 11) is 1.65. The van der Waals surface area contributed by atoms with Gasteiger partial charge in [-0.25, -0.2) is 0 Å². The molecule has 0 spiro atoms. The van der Waals surface area contributed by atoms with Crippen LogP contribution in [0.15, 0.2) is 0 Å². The second kappa shape index (κ2) is 6.89. The van der Waals surface area contributed by atoms with Crippen molar-refractivity contribution in [1.82, 2.24) is 10.2 Å². The van der Waals surface area contributed by atoms with E-state index in [2.05, 4.69) is 5.32 Å². The van der Waals surface area contributed by atoms with Gasteiger partial charge < -0.3 is 15.0 Å². The monoisotopic (exact) mass is 270 g/mol. The molecule has 0 bridgehead atoms. The number of hydrogen-bond donors (Lipinski definition) is 1. The first-order valence-electron chi connectivity index (χ1n) is 7.02. The molecule has 2 amide bonds. The predicted molar refractivity (Wildman–Crippen MR) is 73.6 cm³/mol. The van der Waals surface area contributed by atoms with Crippen LogP contribution in [0.4, 0.5) is 0 Å². The SMILES string of the molecule is CCC1NC(=O)C(C(C)C)N(CC(C)COC)C1=O. The van der Waals surface area contributed by atoms with Crippen molar-refractivity contribution in [2.75, 3.05) is 20.3 Å². The average Bonchev–Trinajstić information content (AvgIpc) is 2.33. The molecular formula is C14H26N2O3. The summed E-state index contributed by atoms with van der Waals surface area (Å²) in [5, 5.41) is 2.82. The van der Waals surface area contributed by atoms with Crippen LogP contribution in [0.3, 0.4) is 0 Å². The van der Waals surface area contributed by atoms with Gasteiger partial charge in [0.25, 0.3) is 0 Å². The van der Waals surface area contributed by atoms with Gasteiger partial charge in [0.2, 0.25) is 11.8 Å². The van der Waals surface area contributed by atoms with Crippen molar-refractivity contribution < 1.29 is 14.3 Å². The first-order valence-corrected chi connectivity index (χ1v) is 7.02. The summed E-state index contributed by atoms with van der Waals surface area (Å²) in [6.07, 6.45) is 0.630. The molecular weight excluding hydrogens is 244 g/mol. The van der Waals surface area contributed by atoms with Crippen LogP contribution in [0.2, 0.25) is 0 Å². The lowest BCUT2D eigenvalue weighted by molar-refractivity contribution is -0.152. The standard InChI is InChI=1S/C14H26N2O3/c1-6-11-14(18)16(7-10(4)8-19-5)12(9(2)3)13(17)15-11/h9-12H,6-8H2,1-5H3,(H,15,17). The van der Waals surface area contributed by atoms with Gasteiger partial charge in [0, 0.05) is 13.7 Å². The molecule has 1 rings (SSSR count). The van der Waals surface area contributed by atoms with E-state index in [-0.39, 0.29) is 35.7 Å². The van der Waals surface area contributed by atoms with Gasteiger partial charge in [0.05, 0.1) is 6.61 Å². The largest absolute Gasteiger partial charge is 0.384 e. The lowest BCUT2D eigenvalue weighted by atomic mass is 9.95. The Morgan fingerprint density at radius 3 is 2.42 bits per heavy atom. The summed E-state index contributed by atoms with van der Waals surface area (Å²) in [6, 6.07) is -0.744. The van der Waals surface area contributed by atoms with E-state index in [4.69, 9.17) is 4.74 Å². The molecule has 1 saturated heterocycles. The number of amides is 2. The molecule has 0 aromatic rings. The number of carbonyl (C=O) groups excluding carboxylic acids is 2. The summed E-state index contributed by atoms with van der Waals surface area (Å²) < 4.78 is 5.12. The van der Waals surface area contributed by atoms with Crippen LogP contribution in [0.5, 0.6) is 0 Å². The number of piperazine rings is 1. The highest BCUT2D eigenvalue weighted by molar-refractivity contribution is 5.97. The molecule has 1 fully saturated rings. The Morgan fingerprint density at radius 1 is 1.32 bits per heavy atom. The van der Waals surface area contributed by atoms with E-state index < -0.39 is 0 Å². The molecule has 1 aliphatic rings. The minimum Gasteiger partial charge on any atom is -0.384 e. The lowest BCUT2D eigenvalue weighted by Gasteiger charge is -2.41. The normalized spacial score (nSPS) is 25.7. The molecule has 1 aliphatic heterocycles. The second-order valence-electron chi connectivity index (χ2n) is 5.71. The van der Waals surface area contributed by atoms with Crippen LogP contribution in [-0.4, -0.2) is 49.1 Å². The van der Waals surface area contributed by atoms with Crippen molar-refractivity contribution >= 4 is 11.8 Å². The minimum atomic E-state index is -0.378. The molecule has 0 aliphatic carbocycles. The Bertz CT molecular complexity index is 331. The first-order chi connectivity index (χ1) is 8.92. The topological polar surface area (TPSA) is 58.6 Å². The summed E-state index contributed by atoms with van der Waals surface area (Å²) in [5.41, 5.74) is 0. The summed E-state index contributed by atoms with van der Waals surface area (Å²) in [6.45, 7) is 9.04. The second-order valence-corrected chi connectivity index (χ2v) is 5.71. The van der Waals surface area contributed by atoms with Crippen molar-refractivity contribution in [3.63, 3.8) is 0 Å². The quantitative estimate of drug-likeness (QED) is 0.784. The van der Waals surface area contributed by atoms with E-state index in [9.17, 15) is 9.59 Å². The van der Waals surface area contributed by atoms with Gasteiger partial charge in [-0.3, -0.25) is 9.59 Å². The number of nitrogens with one attached hydrogen (secondary N) is 1. The zero-order chi connectivity index (χ0) is 14.6. The highest BCUT2D eigenvalue weighted by Gasteiger charge is 2.41. The molecule has 0 radical (unpaired) electrons. The fourth-order valence-corrected chi connectivity index (χ4v) is 2.61. The highest BCUT2D eigenvalue weighted by atomic mass is 16.5. The molecule has 5 heteroatoms. The molecule has 0 aromatic carbocycles. The smallest absolute Gasteiger partial charge is 0.245 e. The van der Waals surface area contributed by atoms with E-state index >= 15 is 0 Å². The maximum Gasteiger partial charge on any atom is 0.245 e. The highest BCUT2D eigenvalue weighted by Crippen LogP contribution is 2.20. The molecule has 1 N–H and O–H groups in total. The van der Waals surface area contributed by atoms with Crippen molar-refractivity contribution in [3.05, 3.63) is 0 Å². The van der Waals surface area contributed by atoms with Crippen LogP contribution in [-0.2, 0) is 14.3 Å². The first kappa shape index (κ1) is 16.0. The minimum absolute atomic E-state index is 0.0313. The Kier molecular flexibility index (Phi) is 5.79. The summed E-state index contributed by atoms with van der Waals surface area (Å²) in [4.78, 5) is 26.3. The number of nitrogens with zero attached hydrogens (tertiary/aromatic N) is 1. The predicted octanol–water partition coefficient (Wildman–Crippen LogP) is 1.03. The molecule has 110 valence electrons. The zero-order valence-electron chi connectivity index (χ0n) is 12.6. The van der Waals surface area contributed by atoms with Gasteiger partial charge >= 0.3 is 0 Å². The van der Waals surface area contributed by atoms with E-state index in [1.165, 1.54) is 0 Å². The van der Waals surface area contributed by atoms with Crippen molar-refractivity contribution in [1.29, 1.82) is 0 Å². The fraction of sp³-hybridized carbons (Fsp3) is 0.857. The van der Waals surface area contributed by atoms with Crippen LogP contribution in [0, 0.1) is 11.8 Å². The van der Waals surface area contributed by atoms with Gasteiger partial charge in [0.1, 0.15) is 12.1 Å². The Balaban J connectivity index is 2.89. The van der Waals surface area contributed by atoms with Crippen LogP contribution >= 0.6 is 0 Å². The van der Waals surface area contributed by atoms with Crippen LogP contribution < -0.4 is 5.32 Å². The molecule has 3 unspecified atom stereocenters. The molecule has 0 saturated carbocycles. The number of rotatable bonds is 6. The molecule has 5 nitrogen and oxygen atoms in total. The fourth-order valence-electron chi connectivity index (χ4n) is 2.61. The van der Waals surface area contributed by atoms with E-state index in [1.54, 1.807) is 12.0 Å². The molecule has 3 atom stereocenters. The van der Waals surface area contributed by atoms with E-state index in [0.29, 0.717) is 19.6 Å². The van der Waals surface area contributed by atoms with Gasteiger partial charge in [-0.2, -0.15) is 0 Å². The van der Waals surface area contributed by atoms with Gasteiger partial charge in [-0.1, -0.05) is 27.7 Å². The van der Waals surface area contributed by atoms with Crippen LogP contribution in [0.25, 0.3) is 0 Å². The lowest BCUT2D eigenvalue weighted by Crippen LogP contribution is -2.65. The Hall–Kier alpha value is -1.10. The molecule has 19 heavy (non-hydrogen) atoms. The Labute approximate surface area is 115 Å². The zero-order valence-corrected chi connectivity index (χ0v) is 12.6. The van der Waals surface area contributed by atoms with Gasteiger partial charge in [-0.15, -0.1) is 0 Å². The maximum absolute atomic E-state index is 12.4. The molecule has 0 aromatic heterocycles. The van der Waals surface area contributed by atoms with Gasteiger partial charge in [0.15, 0.2) is 0 Å². The number of hydrogen-bond acceptors (Lipinski definition) is 3. The van der Waals surface area contributed by atoms with Gasteiger partial charge in [-0.05, 0) is 18.3 Å². The van der Waals surface area contributed by atoms with Crippen molar-refractivity contribution in [3.8, 4) is 0 Å². The number of carbonyl (C=O) groups is 2.